The quantitative estimate of drug-likeness (QED) is 0.799. The van der Waals surface area contributed by atoms with Crippen molar-refractivity contribution < 1.29 is 13.2 Å². The van der Waals surface area contributed by atoms with E-state index in [0.717, 1.165) is 12.1 Å². The van der Waals surface area contributed by atoms with Crippen molar-refractivity contribution in [3.05, 3.63) is 45.4 Å². The van der Waals surface area contributed by atoms with Crippen LogP contribution in [0, 0.1) is 0 Å². The van der Waals surface area contributed by atoms with Crippen molar-refractivity contribution in [1.82, 2.24) is 4.98 Å². The molecule has 1 aromatic carbocycles. The summed E-state index contributed by atoms with van der Waals surface area (Å²) < 4.78 is 38.6. The standard InChI is InChI=1S/C12H8BrClF3N3/c13-8-5-7(1-2-9(8)14)19-11-4-6(12(15,16)17)3-10(18)20-11/h1-5H,(H3,18,19,20). The predicted octanol–water partition coefficient (Wildman–Crippen LogP) is 4.84. The van der Waals surface area contributed by atoms with Gasteiger partial charge in [0.2, 0.25) is 0 Å². The molecule has 0 spiro atoms. The highest BCUT2D eigenvalue weighted by atomic mass is 79.9. The van der Waals surface area contributed by atoms with Gasteiger partial charge in [-0.2, -0.15) is 13.2 Å². The number of nitrogen functional groups attached to an aromatic ring is 1. The summed E-state index contributed by atoms with van der Waals surface area (Å²) in [6.45, 7) is 0. The number of hydrogen-bond acceptors (Lipinski definition) is 3. The van der Waals surface area contributed by atoms with Crippen LogP contribution in [0.4, 0.5) is 30.5 Å². The minimum atomic E-state index is -4.48. The molecule has 1 aromatic heterocycles. The molecule has 0 radical (unpaired) electrons. The average Bonchev–Trinajstić information content (AvgIpc) is 2.32. The summed E-state index contributed by atoms with van der Waals surface area (Å²) in [5, 5.41) is 3.24. The molecule has 0 aliphatic heterocycles. The van der Waals surface area contributed by atoms with Crippen molar-refractivity contribution in [2.24, 2.45) is 0 Å². The number of nitrogens with one attached hydrogen (secondary N) is 1. The summed E-state index contributed by atoms with van der Waals surface area (Å²) >= 11 is 9.06. The van der Waals surface area contributed by atoms with Gasteiger partial charge in [-0.25, -0.2) is 4.98 Å². The molecule has 0 atom stereocenters. The zero-order chi connectivity index (χ0) is 14.9. The predicted molar refractivity (Wildman–Crippen MR) is 76.1 cm³/mol. The summed E-state index contributed by atoms with van der Waals surface area (Å²) in [7, 11) is 0. The molecule has 3 N–H and O–H groups in total. The summed E-state index contributed by atoms with van der Waals surface area (Å²) in [6, 6.07) is 6.51. The fraction of sp³-hybridized carbons (Fsp3) is 0.0833. The van der Waals surface area contributed by atoms with Gasteiger partial charge in [0.1, 0.15) is 11.6 Å². The van der Waals surface area contributed by atoms with Gasteiger partial charge >= 0.3 is 6.18 Å². The Morgan fingerprint density at radius 1 is 1.20 bits per heavy atom. The van der Waals surface area contributed by atoms with Crippen molar-refractivity contribution in [1.29, 1.82) is 0 Å². The SMILES string of the molecule is Nc1cc(C(F)(F)F)cc(Nc2ccc(Cl)c(Br)c2)n1. The second kappa shape index (κ2) is 5.49. The topological polar surface area (TPSA) is 50.9 Å². The maximum absolute atomic E-state index is 12.7. The van der Waals surface area contributed by atoms with Gasteiger partial charge in [-0.3, -0.25) is 0 Å². The van der Waals surface area contributed by atoms with Crippen LogP contribution >= 0.6 is 27.5 Å². The first-order valence-electron chi connectivity index (χ1n) is 5.32. The highest BCUT2D eigenvalue weighted by Crippen LogP contribution is 2.33. The molecule has 2 rings (SSSR count). The van der Waals surface area contributed by atoms with Gasteiger partial charge in [0.15, 0.2) is 0 Å². The number of halogens is 5. The molecule has 0 unspecified atom stereocenters. The highest BCUT2D eigenvalue weighted by Gasteiger charge is 2.31. The first-order chi connectivity index (χ1) is 9.25. The molecule has 0 bridgehead atoms. The van der Waals surface area contributed by atoms with Crippen LogP contribution in [0.25, 0.3) is 0 Å². The van der Waals surface area contributed by atoms with Crippen molar-refractivity contribution in [3.63, 3.8) is 0 Å². The fourth-order valence-corrected chi connectivity index (χ4v) is 2.00. The third-order valence-electron chi connectivity index (χ3n) is 2.36. The zero-order valence-electron chi connectivity index (χ0n) is 9.80. The van der Waals surface area contributed by atoms with E-state index in [4.69, 9.17) is 17.3 Å². The molecule has 0 saturated carbocycles. The molecule has 0 amide bonds. The van der Waals surface area contributed by atoms with E-state index in [1.807, 2.05) is 0 Å². The van der Waals surface area contributed by atoms with Gasteiger partial charge in [0.25, 0.3) is 0 Å². The Bertz CT molecular complexity index is 646. The second-order valence-corrected chi connectivity index (χ2v) is 5.18. The van der Waals surface area contributed by atoms with E-state index < -0.39 is 11.7 Å². The van der Waals surface area contributed by atoms with E-state index >= 15 is 0 Å². The van der Waals surface area contributed by atoms with Crippen LogP contribution in [-0.4, -0.2) is 4.98 Å². The Balaban J connectivity index is 2.33. The molecule has 0 aliphatic rings. The highest BCUT2D eigenvalue weighted by molar-refractivity contribution is 9.10. The molecule has 1 heterocycles. The molecule has 2 aromatic rings. The third-order valence-corrected chi connectivity index (χ3v) is 3.58. The number of nitrogens with two attached hydrogens (primary N) is 1. The van der Waals surface area contributed by atoms with Crippen molar-refractivity contribution in [2.45, 2.75) is 6.18 Å². The van der Waals surface area contributed by atoms with Gasteiger partial charge in [0.05, 0.1) is 10.6 Å². The Morgan fingerprint density at radius 2 is 1.90 bits per heavy atom. The fourth-order valence-electron chi connectivity index (χ4n) is 1.50. The monoisotopic (exact) mass is 365 g/mol. The van der Waals surface area contributed by atoms with Crippen LogP contribution < -0.4 is 11.1 Å². The molecule has 3 nitrogen and oxygen atoms in total. The zero-order valence-corrected chi connectivity index (χ0v) is 12.1. The van der Waals surface area contributed by atoms with Gasteiger partial charge in [-0.05, 0) is 46.3 Å². The molecular weight excluding hydrogens is 359 g/mol. The van der Waals surface area contributed by atoms with Crippen LogP contribution in [0.3, 0.4) is 0 Å². The second-order valence-electron chi connectivity index (χ2n) is 3.92. The smallest absolute Gasteiger partial charge is 0.384 e. The summed E-state index contributed by atoms with van der Waals surface area (Å²) in [4.78, 5) is 3.81. The normalized spacial score (nSPS) is 11.4. The Kier molecular flexibility index (Phi) is 4.10. The minimum Gasteiger partial charge on any atom is -0.384 e. The number of alkyl halides is 3. The lowest BCUT2D eigenvalue weighted by Gasteiger charge is -2.11. The molecular formula is C12H8BrClF3N3. The Hall–Kier alpha value is -1.47. The van der Waals surface area contributed by atoms with Crippen LogP contribution in [-0.2, 0) is 6.18 Å². The van der Waals surface area contributed by atoms with Crippen molar-refractivity contribution in [2.75, 3.05) is 11.1 Å². The van der Waals surface area contributed by atoms with E-state index in [9.17, 15) is 13.2 Å². The average molecular weight is 367 g/mol. The first-order valence-corrected chi connectivity index (χ1v) is 6.49. The van der Waals surface area contributed by atoms with Gasteiger partial charge in [-0.15, -0.1) is 0 Å². The molecule has 20 heavy (non-hydrogen) atoms. The number of hydrogen-bond donors (Lipinski definition) is 2. The Labute approximate surface area is 126 Å². The molecule has 0 aliphatic carbocycles. The lowest BCUT2D eigenvalue weighted by molar-refractivity contribution is -0.137. The van der Waals surface area contributed by atoms with E-state index in [1.54, 1.807) is 18.2 Å². The minimum absolute atomic E-state index is 0.00606. The third kappa shape index (κ3) is 3.55. The van der Waals surface area contributed by atoms with Crippen molar-refractivity contribution in [3.8, 4) is 0 Å². The molecule has 0 saturated heterocycles. The van der Waals surface area contributed by atoms with E-state index in [-0.39, 0.29) is 11.6 Å². The van der Waals surface area contributed by atoms with Gasteiger partial charge in [-0.1, -0.05) is 11.6 Å². The Morgan fingerprint density at radius 3 is 2.50 bits per heavy atom. The largest absolute Gasteiger partial charge is 0.416 e. The number of benzene rings is 1. The first kappa shape index (κ1) is 14.9. The van der Waals surface area contributed by atoms with Crippen LogP contribution in [0.2, 0.25) is 5.02 Å². The summed E-state index contributed by atoms with van der Waals surface area (Å²) in [6.07, 6.45) is -4.48. The number of aromatic nitrogens is 1. The number of pyridine rings is 1. The number of nitrogens with zero attached hydrogens (tertiary/aromatic N) is 1. The number of rotatable bonds is 2. The van der Waals surface area contributed by atoms with Gasteiger partial charge in [0, 0.05) is 10.2 Å². The summed E-state index contributed by atoms with van der Waals surface area (Å²) in [5.41, 5.74) is 5.06. The molecule has 8 heteroatoms. The molecule has 106 valence electrons. The van der Waals surface area contributed by atoms with Crippen LogP contribution in [0.15, 0.2) is 34.8 Å². The maximum Gasteiger partial charge on any atom is 0.416 e. The summed E-state index contributed by atoms with van der Waals surface area (Å²) in [5.74, 6) is -0.207. The van der Waals surface area contributed by atoms with E-state index in [2.05, 4.69) is 26.2 Å². The lowest BCUT2D eigenvalue weighted by atomic mass is 10.2. The van der Waals surface area contributed by atoms with E-state index in [1.165, 1.54) is 0 Å². The van der Waals surface area contributed by atoms with Crippen LogP contribution in [0.5, 0.6) is 0 Å². The van der Waals surface area contributed by atoms with E-state index in [0.29, 0.717) is 15.2 Å². The van der Waals surface area contributed by atoms with Gasteiger partial charge < -0.3 is 11.1 Å². The number of anilines is 3. The lowest BCUT2D eigenvalue weighted by Crippen LogP contribution is -2.08. The molecule has 0 fully saturated rings. The maximum atomic E-state index is 12.7. The van der Waals surface area contributed by atoms with Crippen molar-refractivity contribution >= 4 is 44.9 Å². The van der Waals surface area contributed by atoms with Crippen LogP contribution in [0.1, 0.15) is 5.56 Å².